The first-order valence-electron chi connectivity index (χ1n) is 8.60. The first kappa shape index (κ1) is 16.1. The van der Waals surface area contributed by atoms with Crippen LogP contribution in [0.15, 0.2) is 35.9 Å². The molecule has 23 heavy (non-hydrogen) atoms. The highest BCUT2D eigenvalue weighted by atomic mass is 16.4. The molecule has 0 spiro atoms. The van der Waals surface area contributed by atoms with Crippen molar-refractivity contribution >= 4 is 12.2 Å². The molecule has 124 valence electrons. The summed E-state index contributed by atoms with van der Waals surface area (Å²) in [4.78, 5) is 10.7. The summed E-state index contributed by atoms with van der Waals surface area (Å²) in [5.74, 6) is 0.657. The van der Waals surface area contributed by atoms with E-state index in [0.717, 1.165) is 25.7 Å². The molecule has 1 amide bonds. The lowest BCUT2D eigenvalue weighted by molar-refractivity contribution is 0.183. The average Bonchev–Trinajstić information content (AvgIpc) is 3.29. The zero-order valence-corrected chi connectivity index (χ0v) is 13.7. The Morgan fingerprint density at radius 1 is 1.13 bits per heavy atom. The molecule has 0 saturated heterocycles. The van der Waals surface area contributed by atoms with Crippen LogP contribution >= 0.6 is 0 Å². The Morgan fingerprint density at radius 2 is 1.78 bits per heavy atom. The van der Waals surface area contributed by atoms with Crippen LogP contribution in [-0.2, 0) is 0 Å². The molecule has 2 saturated carbocycles. The minimum absolute atomic E-state index is 0.139. The van der Waals surface area contributed by atoms with E-state index in [2.05, 4.69) is 47.9 Å². The molecule has 2 aliphatic carbocycles. The predicted octanol–water partition coefficient (Wildman–Crippen LogP) is 3.65. The Kier molecular flexibility index (Phi) is 5.01. The normalized spacial score (nSPS) is 30.7. The number of hydrogen-bond acceptors (Lipinski definition) is 2. The van der Waals surface area contributed by atoms with Gasteiger partial charge in [-0.25, -0.2) is 4.79 Å². The van der Waals surface area contributed by atoms with Crippen molar-refractivity contribution in [2.24, 2.45) is 5.92 Å². The minimum Gasteiger partial charge on any atom is -0.465 e. The fraction of sp³-hybridized carbons (Fsp3) is 0.526. The number of carboxylic acid groups (broad SMARTS) is 1. The summed E-state index contributed by atoms with van der Waals surface area (Å²) >= 11 is 0. The maximum Gasteiger partial charge on any atom is 0.404 e. The highest BCUT2D eigenvalue weighted by molar-refractivity contribution is 5.64. The van der Waals surface area contributed by atoms with Crippen molar-refractivity contribution in [1.82, 2.24) is 10.6 Å². The lowest BCUT2D eigenvalue weighted by Gasteiger charge is -2.29. The molecule has 2 atom stereocenters. The van der Waals surface area contributed by atoms with E-state index >= 15 is 0 Å². The highest BCUT2D eigenvalue weighted by Crippen LogP contribution is 2.39. The van der Waals surface area contributed by atoms with Crippen LogP contribution in [0.25, 0.3) is 6.08 Å². The molecular formula is C19H26N2O2. The first-order chi connectivity index (χ1) is 11.1. The van der Waals surface area contributed by atoms with Gasteiger partial charge in [-0.05, 0) is 50.5 Å². The van der Waals surface area contributed by atoms with E-state index in [1.54, 1.807) is 0 Å². The zero-order chi connectivity index (χ0) is 16.2. The molecule has 4 heteroatoms. The third-order valence-corrected chi connectivity index (χ3v) is 5.07. The minimum atomic E-state index is -0.898. The summed E-state index contributed by atoms with van der Waals surface area (Å²) in [7, 11) is 0. The van der Waals surface area contributed by atoms with Crippen LogP contribution in [0.1, 0.15) is 44.6 Å². The van der Waals surface area contributed by atoms with Gasteiger partial charge >= 0.3 is 6.09 Å². The van der Waals surface area contributed by atoms with Crippen LogP contribution in [0.2, 0.25) is 0 Å². The second-order valence-corrected chi connectivity index (χ2v) is 6.91. The first-order valence-corrected chi connectivity index (χ1v) is 8.60. The molecule has 1 aromatic carbocycles. The van der Waals surface area contributed by atoms with Gasteiger partial charge in [0.1, 0.15) is 0 Å². The van der Waals surface area contributed by atoms with Gasteiger partial charge in [0, 0.05) is 18.1 Å². The summed E-state index contributed by atoms with van der Waals surface area (Å²) in [6.07, 6.45) is 6.64. The Morgan fingerprint density at radius 3 is 2.43 bits per heavy atom. The number of hydrogen-bond donors (Lipinski definition) is 3. The largest absolute Gasteiger partial charge is 0.465 e. The van der Waals surface area contributed by atoms with Crippen LogP contribution in [0.4, 0.5) is 4.79 Å². The van der Waals surface area contributed by atoms with E-state index in [-0.39, 0.29) is 6.04 Å². The Labute approximate surface area is 138 Å². The zero-order valence-electron chi connectivity index (χ0n) is 13.7. The Hall–Kier alpha value is -1.81. The molecule has 4 nitrogen and oxygen atoms in total. The SMILES string of the molecule is C/C(=C\c1ccccc1)[C@@H]1C[C@H]1N[C@H]1CC[C@@H](NC(=O)O)CC1. The monoisotopic (exact) mass is 314 g/mol. The molecule has 0 bridgehead atoms. The van der Waals surface area contributed by atoms with Gasteiger partial charge in [-0.15, -0.1) is 0 Å². The summed E-state index contributed by atoms with van der Waals surface area (Å²) in [5, 5.41) is 15.1. The summed E-state index contributed by atoms with van der Waals surface area (Å²) in [5.41, 5.74) is 2.73. The number of rotatable bonds is 5. The molecular weight excluding hydrogens is 288 g/mol. The van der Waals surface area contributed by atoms with E-state index in [9.17, 15) is 4.79 Å². The molecule has 0 aromatic heterocycles. The maximum atomic E-state index is 10.7. The third-order valence-electron chi connectivity index (χ3n) is 5.07. The number of benzene rings is 1. The third kappa shape index (κ3) is 4.58. The van der Waals surface area contributed by atoms with E-state index in [1.165, 1.54) is 17.6 Å². The van der Waals surface area contributed by atoms with E-state index in [0.29, 0.717) is 18.0 Å². The van der Waals surface area contributed by atoms with Gasteiger partial charge < -0.3 is 15.7 Å². The quantitative estimate of drug-likeness (QED) is 0.777. The molecule has 0 radical (unpaired) electrons. The standard InChI is InChI=1S/C19H26N2O2/c1-13(11-14-5-3-2-4-6-14)17-12-18(17)20-15-7-9-16(10-8-15)21-19(22)23/h2-6,11,15-18,20-21H,7-10,12H2,1H3,(H,22,23)/b13-11+/t15-,16+,17-,18+/m0/s1. The second-order valence-electron chi connectivity index (χ2n) is 6.91. The van der Waals surface area contributed by atoms with Crippen LogP contribution in [-0.4, -0.2) is 29.3 Å². The fourth-order valence-corrected chi connectivity index (χ4v) is 3.68. The molecule has 2 aliphatic rings. The van der Waals surface area contributed by atoms with Crippen molar-refractivity contribution in [3.8, 4) is 0 Å². The topological polar surface area (TPSA) is 61.4 Å². The molecule has 3 N–H and O–H groups in total. The summed E-state index contributed by atoms with van der Waals surface area (Å²) in [6, 6.07) is 11.8. The van der Waals surface area contributed by atoms with Crippen LogP contribution in [0, 0.1) is 5.92 Å². The molecule has 3 rings (SSSR count). The van der Waals surface area contributed by atoms with Gasteiger partial charge in [0.15, 0.2) is 0 Å². The smallest absolute Gasteiger partial charge is 0.404 e. The van der Waals surface area contributed by atoms with Gasteiger partial charge in [0.05, 0.1) is 0 Å². The van der Waals surface area contributed by atoms with E-state index in [4.69, 9.17) is 5.11 Å². The van der Waals surface area contributed by atoms with Crippen molar-refractivity contribution < 1.29 is 9.90 Å². The van der Waals surface area contributed by atoms with Gasteiger partial charge in [0.2, 0.25) is 0 Å². The van der Waals surface area contributed by atoms with E-state index in [1.807, 2.05) is 6.07 Å². The van der Waals surface area contributed by atoms with Crippen molar-refractivity contribution in [1.29, 1.82) is 0 Å². The van der Waals surface area contributed by atoms with Crippen LogP contribution in [0.5, 0.6) is 0 Å². The van der Waals surface area contributed by atoms with Crippen molar-refractivity contribution in [3.63, 3.8) is 0 Å². The summed E-state index contributed by atoms with van der Waals surface area (Å²) in [6.45, 7) is 2.23. The Balaban J connectivity index is 1.43. The van der Waals surface area contributed by atoms with Crippen molar-refractivity contribution in [3.05, 3.63) is 41.5 Å². The summed E-state index contributed by atoms with van der Waals surface area (Å²) < 4.78 is 0. The van der Waals surface area contributed by atoms with Crippen molar-refractivity contribution in [2.75, 3.05) is 0 Å². The molecule has 0 unspecified atom stereocenters. The average molecular weight is 314 g/mol. The lowest BCUT2D eigenvalue weighted by Crippen LogP contribution is -2.42. The number of amides is 1. The van der Waals surface area contributed by atoms with E-state index < -0.39 is 6.09 Å². The highest BCUT2D eigenvalue weighted by Gasteiger charge is 2.39. The van der Waals surface area contributed by atoms with Gasteiger partial charge in [-0.3, -0.25) is 0 Å². The number of carbonyl (C=O) groups is 1. The van der Waals surface area contributed by atoms with Gasteiger partial charge in [-0.2, -0.15) is 0 Å². The van der Waals surface area contributed by atoms with Gasteiger partial charge in [-0.1, -0.05) is 42.0 Å². The predicted molar refractivity (Wildman–Crippen MR) is 92.3 cm³/mol. The van der Waals surface area contributed by atoms with Crippen molar-refractivity contribution in [2.45, 2.75) is 57.2 Å². The molecule has 0 heterocycles. The fourth-order valence-electron chi connectivity index (χ4n) is 3.68. The lowest BCUT2D eigenvalue weighted by atomic mass is 9.91. The molecule has 0 aliphatic heterocycles. The van der Waals surface area contributed by atoms with Crippen LogP contribution in [0.3, 0.4) is 0 Å². The second kappa shape index (κ2) is 7.18. The molecule has 2 fully saturated rings. The molecule has 1 aromatic rings. The Bertz CT molecular complexity index is 562. The number of nitrogens with one attached hydrogen (secondary N) is 2. The maximum absolute atomic E-state index is 10.7. The van der Waals surface area contributed by atoms with Gasteiger partial charge in [0.25, 0.3) is 0 Å². The van der Waals surface area contributed by atoms with Crippen LogP contribution < -0.4 is 10.6 Å².